The van der Waals surface area contributed by atoms with Crippen molar-refractivity contribution in [1.82, 2.24) is 5.32 Å². The maximum atomic E-state index is 13.1. The van der Waals surface area contributed by atoms with Gasteiger partial charge in [-0.2, -0.15) is 0 Å². The average Bonchev–Trinajstić information content (AvgIpc) is 2.96. The first-order chi connectivity index (χ1) is 11.5. The van der Waals surface area contributed by atoms with Crippen LogP contribution in [0.5, 0.6) is 0 Å². The highest BCUT2D eigenvalue weighted by Gasteiger charge is 2.36. The van der Waals surface area contributed by atoms with Crippen LogP contribution in [0.1, 0.15) is 18.4 Å². The standard InChI is InChI=1S/C18H16ClFN2O2/c19-13-3-1-12(2-4-13)11-21-18(24)16-9-10-17(23)22(16)15-7-5-14(20)6-8-15/h1-8,16H,9-11H2,(H,21,24). The number of benzene rings is 2. The van der Waals surface area contributed by atoms with Crippen molar-refractivity contribution >= 4 is 29.1 Å². The minimum Gasteiger partial charge on any atom is -0.350 e. The van der Waals surface area contributed by atoms with Gasteiger partial charge in [0.15, 0.2) is 0 Å². The third kappa shape index (κ3) is 3.57. The molecule has 1 atom stereocenters. The van der Waals surface area contributed by atoms with E-state index in [1.807, 2.05) is 12.1 Å². The molecule has 1 unspecified atom stereocenters. The van der Waals surface area contributed by atoms with Gasteiger partial charge in [0.25, 0.3) is 0 Å². The van der Waals surface area contributed by atoms with Crippen LogP contribution < -0.4 is 10.2 Å². The second-order valence-corrected chi connectivity index (χ2v) is 6.08. The number of halogens is 2. The zero-order valence-corrected chi connectivity index (χ0v) is 13.6. The highest BCUT2D eigenvalue weighted by atomic mass is 35.5. The Morgan fingerprint density at radius 1 is 1.17 bits per heavy atom. The molecule has 24 heavy (non-hydrogen) atoms. The number of carbonyl (C=O) groups is 2. The van der Waals surface area contributed by atoms with Crippen molar-refractivity contribution in [2.45, 2.75) is 25.4 Å². The monoisotopic (exact) mass is 346 g/mol. The lowest BCUT2D eigenvalue weighted by molar-refractivity contribution is -0.124. The molecule has 3 rings (SSSR count). The van der Waals surface area contributed by atoms with Crippen LogP contribution in [0.3, 0.4) is 0 Å². The second kappa shape index (κ2) is 7.01. The number of hydrogen-bond acceptors (Lipinski definition) is 2. The molecule has 1 aliphatic heterocycles. The molecular weight excluding hydrogens is 331 g/mol. The Hall–Kier alpha value is -2.40. The van der Waals surface area contributed by atoms with E-state index in [1.54, 1.807) is 12.1 Å². The largest absolute Gasteiger partial charge is 0.350 e. The van der Waals surface area contributed by atoms with Gasteiger partial charge < -0.3 is 5.32 Å². The number of hydrogen-bond donors (Lipinski definition) is 1. The average molecular weight is 347 g/mol. The summed E-state index contributed by atoms with van der Waals surface area (Å²) in [6, 6.07) is 12.2. The normalized spacial score (nSPS) is 17.2. The Morgan fingerprint density at radius 2 is 1.83 bits per heavy atom. The molecule has 2 aromatic carbocycles. The molecule has 1 heterocycles. The smallest absolute Gasteiger partial charge is 0.243 e. The van der Waals surface area contributed by atoms with Crippen molar-refractivity contribution < 1.29 is 14.0 Å². The van der Waals surface area contributed by atoms with Crippen LogP contribution in [0.25, 0.3) is 0 Å². The zero-order valence-electron chi connectivity index (χ0n) is 12.8. The summed E-state index contributed by atoms with van der Waals surface area (Å²) in [4.78, 5) is 26.0. The summed E-state index contributed by atoms with van der Waals surface area (Å²) in [6.07, 6.45) is 0.749. The number of rotatable bonds is 4. The number of anilines is 1. The van der Waals surface area contributed by atoms with Gasteiger partial charge >= 0.3 is 0 Å². The van der Waals surface area contributed by atoms with Gasteiger partial charge in [-0.25, -0.2) is 4.39 Å². The lowest BCUT2D eigenvalue weighted by Gasteiger charge is -2.24. The van der Waals surface area contributed by atoms with Gasteiger partial charge in [-0.05, 0) is 48.4 Å². The Bertz CT molecular complexity index is 747. The zero-order chi connectivity index (χ0) is 17.1. The first-order valence-corrected chi connectivity index (χ1v) is 8.02. The summed E-state index contributed by atoms with van der Waals surface area (Å²) in [5.74, 6) is -0.734. The third-order valence-corrected chi connectivity index (χ3v) is 4.25. The van der Waals surface area contributed by atoms with Crippen LogP contribution in [0.15, 0.2) is 48.5 Å². The van der Waals surface area contributed by atoms with Crippen LogP contribution in [0.4, 0.5) is 10.1 Å². The van der Waals surface area contributed by atoms with Gasteiger partial charge in [-0.15, -0.1) is 0 Å². The van der Waals surface area contributed by atoms with Crippen molar-refractivity contribution in [1.29, 1.82) is 0 Å². The summed E-state index contributed by atoms with van der Waals surface area (Å²) < 4.78 is 13.1. The molecule has 6 heteroatoms. The Kier molecular flexibility index (Phi) is 4.81. The van der Waals surface area contributed by atoms with Gasteiger partial charge in [0.1, 0.15) is 11.9 Å². The predicted octanol–water partition coefficient (Wildman–Crippen LogP) is 3.29. The molecular formula is C18H16ClFN2O2. The second-order valence-electron chi connectivity index (χ2n) is 5.64. The van der Waals surface area contributed by atoms with Gasteiger partial charge in [0, 0.05) is 23.7 Å². The molecule has 0 saturated carbocycles. The van der Waals surface area contributed by atoms with Gasteiger partial charge in [0.05, 0.1) is 0 Å². The molecule has 1 aliphatic rings. The number of nitrogens with one attached hydrogen (secondary N) is 1. The maximum Gasteiger partial charge on any atom is 0.243 e. The minimum atomic E-state index is -0.574. The van der Waals surface area contributed by atoms with Gasteiger partial charge in [0.2, 0.25) is 11.8 Å². The van der Waals surface area contributed by atoms with Crippen molar-refractivity contribution in [3.63, 3.8) is 0 Å². The lowest BCUT2D eigenvalue weighted by atomic mass is 10.1. The van der Waals surface area contributed by atoms with E-state index >= 15 is 0 Å². The van der Waals surface area contributed by atoms with Crippen LogP contribution >= 0.6 is 11.6 Å². The van der Waals surface area contributed by atoms with E-state index in [2.05, 4.69) is 5.32 Å². The molecule has 0 aromatic heterocycles. The summed E-state index contributed by atoms with van der Waals surface area (Å²) in [6.45, 7) is 0.359. The topological polar surface area (TPSA) is 49.4 Å². The molecule has 0 radical (unpaired) electrons. The first-order valence-electron chi connectivity index (χ1n) is 7.64. The van der Waals surface area contributed by atoms with Crippen LogP contribution in [0, 0.1) is 5.82 Å². The van der Waals surface area contributed by atoms with E-state index in [-0.39, 0.29) is 17.6 Å². The Labute approximate surface area is 144 Å². The number of nitrogens with zero attached hydrogens (tertiary/aromatic N) is 1. The molecule has 124 valence electrons. The van der Waals surface area contributed by atoms with Gasteiger partial charge in [-0.3, -0.25) is 14.5 Å². The Balaban J connectivity index is 1.69. The Morgan fingerprint density at radius 3 is 2.50 bits per heavy atom. The highest BCUT2D eigenvalue weighted by Crippen LogP contribution is 2.27. The molecule has 2 aromatic rings. The molecule has 1 fully saturated rings. The maximum absolute atomic E-state index is 13.1. The van der Waals surface area contributed by atoms with Crippen molar-refractivity contribution in [3.05, 3.63) is 64.9 Å². The quantitative estimate of drug-likeness (QED) is 0.923. The van der Waals surface area contributed by atoms with Crippen LogP contribution in [-0.4, -0.2) is 17.9 Å². The summed E-state index contributed by atoms with van der Waals surface area (Å²) in [5.41, 5.74) is 1.45. The van der Waals surface area contributed by atoms with E-state index < -0.39 is 6.04 Å². The predicted molar refractivity (Wildman–Crippen MR) is 90.2 cm³/mol. The summed E-state index contributed by atoms with van der Waals surface area (Å²) in [5, 5.41) is 3.48. The number of amides is 2. The molecule has 0 spiro atoms. The van der Waals surface area contributed by atoms with Gasteiger partial charge in [-0.1, -0.05) is 23.7 Å². The highest BCUT2D eigenvalue weighted by molar-refractivity contribution is 6.30. The van der Waals surface area contributed by atoms with E-state index in [9.17, 15) is 14.0 Å². The minimum absolute atomic E-state index is 0.131. The number of carbonyl (C=O) groups excluding carboxylic acids is 2. The van der Waals surface area contributed by atoms with E-state index in [0.717, 1.165) is 5.56 Å². The van der Waals surface area contributed by atoms with Crippen molar-refractivity contribution in [2.24, 2.45) is 0 Å². The molecule has 0 bridgehead atoms. The SMILES string of the molecule is O=C(NCc1ccc(Cl)cc1)C1CCC(=O)N1c1ccc(F)cc1. The molecule has 1 saturated heterocycles. The molecule has 4 nitrogen and oxygen atoms in total. The molecule has 2 amide bonds. The van der Waals surface area contributed by atoms with E-state index in [0.29, 0.717) is 30.1 Å². The lowest BCUT2D eigenvalue weighted by Crippen LogP contribution is -2.44. The molecule has 0 aliphatic carbocycles. The molecule has 1 N–H and O–H groups in total. The third-order valence-electron chi connectivity index (χ3n) is 4.00. The van der Waals surface area contributed by atoms with Crippen molar-refractivity contribution in [3.8, 4) is 0 Å². The first kappa shape index (κ1) is 16.5. The van der Waals surface area contributed by atoms with Crippen LogP contribution in [-0.2, 0) is 16.1 Å². The summed E-state index contributed by atoms with van der Waals surface area (Å²) in [7, 11) is 0. The van der Waals surface area contributed by atoms with E-state index in [1.165, 1.54) is 29.2 Å². The summed E-state index contributed by atoms with van der Waals surface area (Å²) >= 11 is 5.83. The fourth-order valence-corrected chi connectivity index (χ4v) is 2.89. The fourth-order valence-electron chi connectivity index (χ4n) is 2.77. The van der Waals surface area contributed by atoms with Crippen molar-refractivity contribution in [2.75, 3.05) is 4.90 Å². The van der Waals surface area contributed by atoms with Crippen LogP contribution in [0.2, 0.25) is 5.02 Å². The van der Waals surface area contributed by atoms with E-state index in [4.69, 9.17) is 11.6 Å². The fraction of sp³-hybridized carbons (Fsp3) is 0.222.